The summed E-state index contributed by atoms with van der Waals surface area (Å²) in [6, 6.07) is -0.663. The summed E-state index contributed by atoms with van der Waals surface area (Å²) < 4.78 is 0. The summed E-state index contributed by atoms with van der Waals surface area (Å²) in [5.74, 6) is -0.0913. The molecule has 0 saturated heterocycles. The molecule has 0 aliphatic rings. The van der Waals surface area contributed by atoms with Crippen molar-refractivity contribution in [2.24, 2.45) is 0 Å². The van der Waals surface area contributed by atoms with Crippen molar-refractivity contribution >= 4 is 5.91 Å². The zero-order chi connectivity index (χ0) is 56.2. The van der Waals surface area contributed by atoms with Crippen LogP contribution < -0.4 is 5.32 Å². The molecule has 0 saturated carbocycles. The van der Waals surface area contributed by atoms with Gasteiger partial charge in [-0.25, -0.2) is 0 Å². The van der Waals surface area contributed by atoms with Crippen LogP contribution in [-0.4, -0.2) is 34.9 Å². The van der Waals surface area contributed by atoms with Crippen LogP contribution in [0.4, 0.5) is 0 Å². The van der Waals surface area contributed by atoms with Gasteiger partial charge in [0.05, 0.1) is 18.8 Å². The number of nitrogens with one attached hydrogen (secondary N) is 1. The number of amides is 1. The fraction of sp³-hybridized carbons (Fsp3) is 0.635. The molecule has 2 atom stereocenters. The summed E-state index contributed by atoms with van der Waals surface area (Å²) in [6.07, 6.45) is 107. The van der Waals surface area contributed by atoms with Gasteiger partial charge in [-0.1, -0.05) is 313 Å². The average Bonchev–Trinajstić information content (AvgIpc) is 3.44. The molecule has 4 nitrogen and oxygen atoms in total. The molecule has 0 heterocycles. The first kappa shape index (κ1) is 74.0. The summed E-state index contributed by atoms with van der Waals surface area (Å²) >= 11 is 0. The van der Waals surface area contributed by atoms with E-state index in [4.69, 9.17) is 0 Å². The highest BCUT2D eigenvalue weighted by molar-refractivity contribution is 5.76. The Labute approximate surface area is 484 Å². The standard InChI is InChI=1S/C74H123NO3/c1-3-5-7-9-11-13-15-17-19-21-23-25-27-29-31-32-33-34-35-36-37-38-39-40-41-42-44-46-48-50-52-54-56-58-60-62-64-66-68-70-74(78)75-72(71-76)73(77)69-67-65-63-61-59-57-55-53-51-49-47-45-43-30-28-26-24-22-20-18-16-14-12-10-8-6-4-2/h5,7,11,13,17,19,23,25,29,31,33-34,36-37,39-40,42,44,48,50-51,53,59,61,67,69,72-73,76-77H,3-4,6,8-10,12,14-16,18,20-22,24,26-28,30,32,35,38,41,43,45-47,49,52,54-58,60,62-66,68,70-71H2,1-2H3,(H,75,78)/b7-5-,13-11-,19-17-,25-23-,31-29-,34-33-,37-36-,40-39-,44-42-,50-48-,53-51+,61-59+,69-67+. The van der Waals surface area contributed by atoms with Crippen molar-refractivity contribution in [2.75, 3.05) is 6.61 Å². The van der Waals surface area contributed by atoms with Crippen molar-refractivity contribution in [3.8, 4) is 0 Å². The molecule has 0 spiro atoms. The van der Waals surface area contributed by atoms with Crippen molar-refractivity contribution < 1.29 is 15.0 Å². The van der Waals surface area contributed by atoms with Gasteiger partial charge in [0.25, 0.3) is 0 Å². The van der Waals surface area contributed by atoms with E-state index in [-0.39, 0.29) is 12.5 Å². The number of carbonyl (C=O) groups is 1. The molecule has 0 aromatic rings. The third kappa shape index (κ3) is 62.8. The molecule has 442 valence electrons. The number of aliphatic hydroxyl groups excluding tert-OH is 2. The van der Waals surface area contributed by atoms with Crippen LogP contribution in [0.1, 0.15) is 284 Å². The first-order chi connectivity index (χ1) is 38.7. The first-order valence-corrected chi connectivity index (χ1v) is 32.7. The number of rotatable bonds is 58. The smallest absolute Gasteiger partial charge is 0.220 e. The second kappa shape index (κ2) is 67.3. The zero-order valence-electron chi connectivity index (χ0n) is 50.9. The summed E-state index contributed by atoms with van der Waals surface area (Å²) in [5, 5.41) is 23.2. The minimum Gasteiger partial charge on any atom is -0.394 e. The zero-order valence-corrected chi connectivity index (χ0v) is 50.9. The first-order valence-electron chi connectivity index (χ1n) is 32.7. The minimum absolute atomic E-state index is 0.0913. The van der Waals surface area contributed by atoms with Crippen molar-refractivity contribution in [2.45, 2.75) is 296 Å². The van der Waals surface area contributed by atoms with Crippen LogP contribution in [0.25, 0.3) is 0 Å². The number of allylic oxidation sites excluding steroid dienone is 25. The summed E-state index contributed by atoms with van der Waals surface area (Å²) in [4.78, 5) is 12.5. The van der Waals surface area contributed by atoms with Gasteiger partial charge in [-0.2, -0.15) is 0 Å². The maximum atomic E-state index is 12.5. The van der Waals surface area contributed by atoms with Gasteiger partial charge in [0.1, 0.15) is 0 Å². The van der Waals surface area contributed by atoms with Crippen LogP contribution in [0.2, 0.25) is 0 Å². The van der Waals surface area contributed by atoms with Crippen LogP contribution in [0.3, 0.4) is 0 Å². The van der Waals surface area contributed by atoms with Gasteiger partial charge in [0.2, 0.25) is 5.91 Å². The molecule has 0 aromatic carbocycles. The Hall–Kier alpha value is -3.99. The monoisotopic (exact) mass is 1070 g/mol. The van der Waals surface area contributed by atoms with Gasteiger partial charge in [-0.05, 0) is 122 Å². The molecular formula is C74H123NO3. The molecular weight excluding hydrogens is 951 g/mol. The Morgan fingerprint density at radius 2 is 0.577 bits per heavy atom. The van der Waals surface area contributed by atoms with E-state index in [1.165, 1.54) is 148 Å². The van der Waals surface area contributed by atoms with Crippen molar-refractivity contribution in [1.29, 1.82) is 0 Å². The summed E-state index contributed by atoms with van der Waals surface area (Å²) in [7, 11) is 0. The highest BCUT2D eigenvalue weighted by Gasteiger charge is 2.18. The molecule has 0 aliphatic carbocycles. The molecule has 0 aromatic heterocycles. The molecule has 3 N–H and O–H groups in total. The normalized spacial score (nSPS) is 13.8. The molecule has 0 fully saturated rings. The van der Waals surface area contributed by atoms with Gasteiger partial charge in [-0.3, -0.25) is 4.79 Å². The van der Waals surface area contributed by atoms with E-state index in [1.54, 1.807) is 6.08 Å². The number of hydrogen-bond acceptors (Lipinski definition) is 3. The fourth-order valence-corrected chi connectivity index (χ4v) is 9.06. The maximum absolute atomic E-state index is 12.5. The van der Waals surface area contributed by atoms with Gasteiger partial charge in [0, 0.05) is 6.42 Å². The second-order valence-corrected chi connectivity index (χ2v) is 21.4. The van der Waals surface area contributed by atoms with Gasteiger partial charge in [-0.15, -0.1) is 0 Å². The largest absolute Gasteiger partial charge is 0.394 e. The van der Waals surface area contributed by atoms with E-state index in [1.807, 2.05) is 6.08 Å². The lowest BCUT2D eigenvalue weighted by atomic mass is 10.0. The minimum atomic E-state index is -0.887. The lowest BCUT2D eigenvalue weighted by Gasteiger charge is -2.19. The van der Waals surface area contributed by atoms with Gasteiger partial charge < -0.3 is 15.5 Å². The third-order valence-corrected chi connectivity index (χ3v) is 14.0. The van der Waals surface area contributed by atoms with Crippen molar-refractivity contribution in [1.82, 2.24) is 5.32 Å². The molecule has 2 unspecified atom stereocenters. The Kier molecular flexibility index (Phi) is 63.8. The maximum Gasteiger partial charge on any atom is 0.220 e. The van der Waals surface area contributed by atoms with Crippen molar-refractivity contribution in [3.05, 3.63) is 158 Å². The molecule has 0 bridgehead atoms. The average molecular weight is 1070 g/mol. The lowest BCUT2D eigenvalue weighted by Crippen LogP contribution is -2.45. The second-order valence-electron chi connectivity index (χ2n) is 21.4. The Morgan fingerprint density at radius 3 is 0.897 bits per heavy atom. The van der Waals surface area contributed by atoms with Crippen LogP contribution >= 0.6 is 0 Å². The van der Waals surface area contributed by atoms with E-state index in [2.05, 4.69) is 165 Å². The number of unbranched alkanes of at least 4 members (excludes halogenated alkanes) is 27. The number of carbonyl (C=O) groups excluding carboxylic acids is 1. The van der Waals surface area contributed by atoms with Crippen molar-refractivity contribution in [3.63, 3.8) is 0 Å². The number of hydrogen-bond donors (Lipinski definition) is 3. The molecule has 0 radical (unpaired) electrons. The third-order valence-electron chi connectivity index (χ3n) is 14.0. The van der Waals surface area contributed by atoms with E-state index < -0.39 is 12.1 Å². The van der Waals surface area contributed by atoms with E-state index in [0.29, 0.717) is 6.42 Å². The van der Waals surface area contributed by atoms with Crippen LogP contribution in [0.15, 0.2) is 158 Å². The Morgan fingerprint density at radius 1 is 0.321 bits per heavy atom. The molecule has 0 rings (SSSR count). The molecule has 0 aliphatic heterocycles. The van der Waals surface area contributed by atoms with Crippen LogP contribution in [0, 0.1) is 0 Å². The van der Waals surface area contributed by atoms with Gasteiger partial charge in [0.15, 0.2) is 0 Å². The lowest BCUT2D eigenvalue weighted by molar-refractivity contribution is -0.123. The quantitative estimate of drug-likeness (QED) is 0.0420. The Balaban J connectivity index is 3.66. The van der Waals surface area contributed by atoms with E-state index >= 15 is 0 Å². The fourth-order valence-electron chi connectivity index (χ4n) is 9.06. The van der Waals surface area contributed by atoms with E-state index in [0.717, 1.165) is 116 Å². The van der Waals surface area contributed by atoms with Crippen LogP contribution in [-0.2, 0) is 4.79 Å². The SMILES string of the molecule is CC/C=C\C/C=C\C/C=C\C/C=C\C/C=C\C/C=C\C/C=C\C/C=C\C/C=C\C/C=C\CCCCCCCCCCC(=O)NC(CO)C(O)/C=C/CC/C=C/CC/C=C/CCCCCCCCCCCCCCCCCCC. The molecule has 4 heteroatoms. The molecule has 1 amide bonds. The predicted octanol–water partition coefficient (Wildman–Crippen LogP) is 22.5. The summed E-state index contributed by atoms with van der Waals surface area (Å²) in [5.41, 5.74) is 0. The highest BCUT2D eigenvalue weighted by atomic mass is 16.3. The predicted molar refractivity (Wildman–Crippen MR) is 349 cm³/mol. The molecule has 78 heavy (non-hydrogen) atoms. The Bertz CT molecular complexity index is 1640. The van der Waals surface area contributed by atoms with E-state index in [9.17, 15) is 15.0 Å². The highest BCUT2D eigenvalue weighted by Crippen LogP contribution is 2.16. The number of aliphatic hydroxyl groups is 2. The summed E-state index contributed by atoms with van der Waals surface area (Å²) in [6.45, 7) is 4.18. The van der Waals surface area contributed by atoms with Gasteiger partial charge >= 0.3 is 0 Å². The van der Waals surface area contributed by atoms with Crippen LogP contribution in [0.5, 0.6) is 0 Å². The topological polar surface area (TPSA) is 69.6 Å².